The number of fused-ring (bicyclic) bond motifs is 1. The van der Waals surface area contributed by atoms with Gasteiger partial charge in [0.25, 0.3) is 16.0 Å². The fourth-order valence-corrected chi connectivity index (χ4v) is 5.63. The summed E-state index contributed by atoms with van der Waals surface area (Å²) in [6.45, 7) is 4.36. The second-order valence-corrected chi connectivity index (χ2v) is 11.0. The summed E-state index contributed by atoms with van der Waals surface area (Å²) in [5, 5.41) is 0.569. The van der Waals surface area contributed by atoms with E-state index in [9.17, 15) is 13.2 Å². The van der Waals surface area contributed by atoms with Gasteiger partial charge in [-0.25, -0.2) is 0 Å². The molecule has 1 amide bonds. The van der Waals surface area contributed by atoms with E-state index in [2.05, 4.69) is 0 Å². The predicted octanol–water partition coefficient (Wildman–Crippen LogP) is 5.86. The van der Waals surface area contributed by atoms with Crippen molar-refractivity contribution in [3.05, 3.63) is 87.9 Å². The molecule has 0 spiro atoms. The molecule has 3 aromatic rings. The van der Waals surface area contributed by atoms with Crippen LogP contribution in [-0.4, -0.2) is 27.5 Å². The Morgan fingerprint density at radius 2 is 1.83 bits per heavy atom. The minimum absolute atomic E-state index is 0.00207. The number of carbonyl (C=O) groups is 1. The minimum atomic E-state index is -3.84. The van der Waals surface area contributed by atoms with E-state index in [4.69, 9.17) is 21.5 Å². The molecule has 0 bridgehead atoms. The Balaban J connectivity index is 1.55. The van der Waals surface area contributed by atoms with E-state index < -0.39 is 10.1 Å². The molecule has 0 saturated heterocycles. The molecule has 0 radical (unpaired) electrons. The summed E-state index contributed by atoms with van der Waals surface area (Å²) in [7, 11) is -3.84. The Bertz CT molecular complexity index is 1340. The van der Waals surface area contributed by atoms with Gasteiger partial charge in [-0.1, -0.05) is 29.3 Å². The molecule has 3 aromatic carbocycles. The smallest absolute Gasteiger partial charge is 0.296 e. The lowest BCUT2D eigenvalue weighted by molar-refractivity contribution is 0.0986. The lowest BCUT2D eigenvalue weighted by atomic mass is 9.91. The molecule has 1 aliphatic rings. The van der Waals surface area contributed by atoms with Crippen LogP contribution in [0.2, 0.25) is 5.02 Å². The standard InChI is InChI=1S/C27H29ClN2O4S/c1-18-5-9-23(10-6-18)35(32,33)34-15-13-20-4-3-14-30(26-12-7-21(28)17-25(20)26)27(31)24-11-8-22(29)16-19(24)2/h5-12,16-17,20H,3-4,13-15,29H2,1-2H3. The molecule has 0 saturated carbocycles. The van der Waals surface area contributed by atoms with E-state index in [0.717, 1.165) is 35.2 Å². The highest BCUT2D eigenvalue weighted by Crippen LogP contribution is 2.39. The molecular formula is C27H29ClN2O4S. The van der Waals surface area contributed by atoms with Crippen molar-refractivity contribution in [3.8, 4) is 0 Å². The second kappa shape index (κ2) is 10.4. The maximum Gasteiger partial charge on any atom is 0.296 e. The van der Waals surface area contributed by atoms with Crippen LogP contribution in [0.15, 0.2) is 65.6 Å². The van der Waals surface area contributed by atoms with Gasteiger partial charge in [-0.3, -0.25) is 8.98 Å². The molecule has 0 aromatic heterocycles. The summed E-state index contributed by atoms with van der Waals surface area (Å²) in [6, 6.07) is 17.4. The van der Waals surface area contributed by atoms with Gasteiger partial charge in [0.15, 0.2) is 0 Å². The molecule has 35 heavy (non-hydrogen) atoms. The number of carbonyl (C=O) groups excluding carboxylic acids is 1. The Morgan fingerprint density at radius 1 is 1.09 bits per heavy atom. The number of hydrogen-bond donors (Lipinski definition) is 1. The van der Waals surface area contributed by atoms with Crippen molar-refractivity contribution in [2.24, 2.45) is 0 Å². The van der Waals surface area contributed by atoms with Gasteiger partial charge in [0, 0.05) is 28.5 Å². The van der Waals surface area contributed by atoms with E-state index in [0.29, 0.717) is 29.2 Å². The normalized spacial score (nSPS) is 16.0. The highest BCUT2D eigenvalue weighted by molar-refractivity contribution is 7.86. The van der Waals surface area contributed by atoms with Gasteiger partial charge in [-0.15, -0.1) is 0 Å². The zero-order chi connectivity index (χ0) is 25.2. The molecule has 1 aliphatic heterocycles. The number of nitrogen functional groups attached to an aromatic ring is 1. The van der Waals surface area contributed by atoms with Crippen LogP contribution in [0.3, 0.4) is 0 Å². The number of aryl methyl sites for hydroxylation is 2. The van der Waals surface area contributed by atoms with Crippen LogP contribution >= 0.6 is 11.6 Å². The zero-order valence-corrected chi connectivity index (χ0v) is 21.4. The maximum absolute atomic E-state index is 13.5. The highest BCUT2D eigenvalue weighted by atomic mass is 35.5. The molecule has 8 heteroatoms. The molecule has 0 aliphatic carbocycles. The third kappa shape index (κ3) is 5.69. The van der Waals surface area contributed by atoms with Gasteiger partial charge < -0.3 is 10.6 Å². The van der Waals surface area contributed by atoms with E-state index in [1.807, 2.05) is 26.0 Å². The Morgan fingerprint density at radius 3 is 2.54 bits per heavy atom. The van der Waals surface area contributed by atoms with Crippen LogP contribution in [-0.2, 0) is 14.3 Å². The third-order valence-corrected chi connectivity index (χ3v) is 7.96. The summed E-state index contributed by atoms with van der Waals surface area (Å²) in [5.41, 5.74) is 10.6. The van der Waals surface area contributed by atoms with Crippen LogP contribution < -0.4 is 10.6 Å². The first-order valence-corrected chi connectivity index (χ1v) is 13.4. The van der Waals surface area contributed by atoms with Crippen molar-refractivity contribution in [1.29, 1.82) is 0 Å². The van der Waals surface area contributed by atoms with Crippen molar-refractivity contribution in [3.63, 3.8) is 0 Å². The SMILES string of the molecule is Cc1ccc(S(=O)(=O)OCCC2CCCN(C(=O)c3ccc(N)cc3C)c3ccc(Cl)cc32)cc1. The first-order valence-electron chi connectivity index (χ1n) is 11.6. The summed E-state index contributed by atoms with van der Waals surface area (Å²) in [4.78, 5) is 15.4. The van der Waals surface area contributed by atoms with Crippen LogP contribution in [0.25, 0.3) is 0 Å². The molecular weight excluding hydrogens is 484 g/mol. The minimum Gasteiger partial charge on any atom is -0.399 e. The Labute approximate surface area is 211 Å². The zero-order valence-electron chi connectivity index (χ0n) is 19.8. The van der Waals surface area contributed by atoms with Gasteiger partial charge in [0.2, 0.25) is 0 Å². The fourth-order valence-electron chi connectivity index (χ4n) is 4.53. The van der Waals surface area contributed by atoms with E-state index in [-0.39, 0.29) is 23.3 Å². The quantitative estimate of drug-likeness (QED) is 0.330. The number of nitrogens with zero attached hydrogens (tertiary/aromatic N) is 1. The van der Waals surface area contributed by atoms with Crippen LogP contribution in [0, 0.1) is 13.8 Å². The largest absolute Gasteiger partial charge is 0.399 e. The van der Waals surface area contributed by atoms with Gasteiger partial charge in [0.1, 0.15) is 0 Å². The van der Waals surface area contributed by atoms with E-state index in [1.165, 1.54) is 0 Å². The van der Waals surface area contributed by atoms with Crippen molar-refractivity contribution in [2.45, 2.75) is 43.9 Å². The number of nitrogens with two attached hydrogens (primary N) is 1. The number of anilines is 2. The predicted molar refractivity (Wildman–Crippen MR) is 140 cm³/mol. The lowest BCUT2D eigenvalue weighted by Crippen LogP contribution is -2.32. The highest BCUT2D eigenvalue weighted by Gasteiger charge is 2.28. The molecule has 1 unspecified atom stereocenters. The summed E-state index contributed by atoms with van der Waals surface area (Å²) >= 11 is 6.34. The lowest BCUT2D eigenvalue weighted by Gasteiger charge is -2.25. The maximum atomic E-state index is 13.5. The number of amides is 1. The number of halogens is 1. The van der Waals surface area contributed by atoms with Gasteiger partial charge in [-0.2, -0.15) is 8.42 Å². The molecule has 0 fully saturated rings. The van der Waals surface area contributed by atoms with Crippen LogP contribution in [0.1, 0.15) is 52.2 Å². The fraction of sp³-hybridized carbons (Fsp3) is 0.296. The average molecular weight is 513 g/mol. The molecule has 2 N–H and O–H groups in total. The van der Waals surface area contributed by atoms with Gasteiger partial charge in [0.05, 0.1) is 11.5 Å². The number of rotatable bonds is 6. The molecule has 1 heterocycles. The Kier molecular flexibility index (Phi) is 7.50. The molecule has 6 nitrogen and oxygen atoms in total. The number of hydrogen-bond acceptors (Lipinski definition) is 5. The molecule has 1 atom stereocenters. The van der Waals surface area contributed by atoms with Crippen LogP contribution in [0.5, 0.6) is 0 Å². The molecule has 4 rings (SSSR count). The summed E-state index contributed by atoms with van der Waals surface area (Å²) < 4.78 is 30.6. The summed E-state index contributed by atoms with van der Waals surface area (Å²) in [5.74, 6) is -0.0906. The average Bonchev–Trinajstić information content (AvgIpc) is 2.98. The topological polar surface area (TPSA) is 89.7 Å². The monoisotopic (exact) mass is 512 g/mol. The van der Waals surface area contributed by atoms with Gasteiger partial charge >= 0.3 is 0 Å². The van der Waals surface area contributed by atoms with Crippen molar-refractivity contribution < 1.29 is 17.4 Å². The third-order valence-electron chi connectivity index (χ3n) is 6.39. The number of benzene rings is 3. The van der Waals surface area contributed by atoms with Gasteiger partial charge in [-0.05, 0) is 98.7 Å². The van der Waals surface area contributed by atoms with Crippen molar-refractivity contribution in [1.82, 2.24) is 0 Å². The van der Waals surface area contributed by atoms with E-state index in [1.54, 1.807) is 53.4 Å². The first-order chi connectivity index (χ1) is 16.7. The van der Waals surface area contributed by atoms with Crippen molar-refractivity contribution >= 4 is 39.0 Å². The summed E-state index contributed by atoms with van der Waals surface area (Å²) in [6.07, 6.45) is 2.04. The Hall–Kier alpha value is -2.87. The first kappa shape index (κ1) is 25.2. The van der Waals surface area contributed by atoms with Crippen LogP contribution in [0.4, 0.5) is 11.4 Å². The molecule has 184 valence electrons. The van der Waals surface area contributed by atoms with Crippen molar-refractivity contribution in [2.75, 3.05) is 23.8 Å². The second-order valence-electron chi connectivity index (χ2n) is 8.95. The van der Waals surface area contributed by atoms with E-state index >= 15 is 0 Å².